The van der Waals surface area contributed by atoms with Crippen molar-refractivity contribution in [2.24, 2.45) is 5.73 Å². The van der Waals surface area contributed by atoms with Crippen molar-refractivity contribution >= 4 is 19.8 Å². The van der Waals surface area contributed by atoms with E-state index in [1.54, 1.807) is 0 Å². The third-order valence-electron chi connectivity index (χ3n) is 9.78. The maximum absolute atomic E-state index is 12.6. The van der Waals surface area contributed by atoms with Crippen molar-refractivity contribution in [3.8, 4) is 0 Å². The van der Waals surface area contributed by atoms with Crippen LogP contribution in [0.2, 0.25) is 0 Å². The number of carboxylic acid groups (broad SMARTS) is 1. The van der Waals surface area contributed by atoms with Crippen molar-refractivity contribution in [1.82, 2.24) is 0 Å². The van der Waals surface area contributed by atoms with Gasteiger partial charge in [-0.25, -0.2) is 4.57 Å². The summed E-state index contributed by atoms with van der Waals surface area (Å²) < 4.78 is 33.4. The zero-order chi connectivity index (χ0) is 43.3. The van der Waals surface area contributed by atoms with Crippen molar-refractivity contribution < 1.29 is 42.7 Å². The zero-order valence-electron chi connectivity index (χ0n) is 37.3. The summed E-state index contributed by atoms with van der Waals surface area (Å²) in [5.41, 5.74) is 5.36. The lowest BCUT2D eigenvalue weighted by Gasteiger charge is -2.20. The summed E-state index contributed by atoms with van der Waals surface area (Å²) in [5.74, 6) is -1.80. The van der Waals surface area contributed by atoms with E-state index in [-0.39, 0.29) is 13.0 Å². The van der Waals surface area contributed by atoms with Crippen molar-refractivity contribution in [1.29, 1.82) is 0 Å². The minimum absolute atomic E-state index is 0.00413. The first kappa shape index (κ1) is 56.7. The fraction of sp³-hybridized carbons (Fsp3) is 0.750. The predicted molar refractivity (Wildman–Crippen MR) is 244 cm³/mol. The van der Waals surface area contributed by atoms with E-state index in [9.17, 15) is 19.0 Å². The molecule has 0 bridgehead atoms. The molecule has 0 fully saturated rings. The zero-order valence-corrected chi connectivity index (χ0v) is 38.2. The van der Waals surface area contributed by atoms with Gasteiger partial charge in [-0.15, -0.1) is 0 Å². The van der Waals surface area contributed by atoms with Gasteiger partial charge in [-0.05, 0) is 77.0 Å². The van der Waals surface area contributed by atoms with Crippen LogP contribution in [-0.4, -0.2) is 60.5 Å². The minimum Gasteiger partial charge on any atom is -0.480 e. The van der Waals surface area contributed by atoms with Crippen LogP contribution in [0.1, 0.15) is 194 Å². The van der Waals surface area contributed by atoms with E-state index in [2.05, 4.69) is 74.6 Å². The number of aliphatic carboxylic acids is 1. The number of allylic oxidation sites excluding steroid dienone is 10. The van der Waals surface area contributed by atoms with Crippen molar-refractivity contribution in [2.75, 3.05) is 26.4 Å². The Labute approximate surface area is 360 Å². The maximum Gasteiger partial charge on any atom is 0.472 e. The van der Waals surface area contributed by atoms with Gasteiger partial charge in [0, 0.05) is 13.0 Å². The first-order valence-corrected chi connectivity index (χ1v) is 24.8. The number of phosphoric acid groups is 1. The van der Waals surface area contributed by atoms with Crippen LogP contribution in [0.4, 0.5) is 0 Å². The van der Waals surface area contributed by atoms with Crippen molar-refractivity contribution in [3.63, 3.8) is 0 Å². The van der Waals surface area contributed by atoms with Gasteiger partial charge in [0.2, 0.25) is 0 Å². The molecule has 10 nitrogen and oxygen atoms in total. The normalized spacial score (nSPS) is 14.4. The standard InChI is InChI=1S/C48H86NO9P/c1-3-5-7-9-11-13-15-17-19-21-22-23-25-27-29-31-33-35-37-39-41-55-42-45(43-56-59(53,54)57-44-46(49)48(51)52)58-47(50)40-38-36-34-32-30-28-26-24-20-18-16-14-12-10-8-6-4-2/h6,8,12,14,17-20,26,28,45-46H,3-5,7,9-11,13,15-16,21-25,27,29-44,49H2,1-2H3,(H,51,52)(H,53,54)/b8-6-,14-12-,19-17-,20-18-,28-26-. The molecule has 0 aromatic rings. The molecule has 342 valence electrons. The summed E-state index contributed by atoms with van der Waals surface area (Å²) in [4.78, 5) is 33.6. The van der Waals surface area contributed by atoms with Crippen LogP contribution in [0.25, 0.3) is 0 Å². The van der Waals surface area contributed by atoms with Crippen LogP contribution in [0, 0.1) is 0 Å². The van der Waals surface area contributed by atoms with Gasteiger partial charge >= 0.3 is 19.8 Å². The Balaban J connectivity index is 4.23. The Kier molecular flexibility index (Phi) is 42.0. The summed E-state index contributed by atoms with van der Waals surface area (Å²) >= 11 is 0. The molecule has 59 heavy (non-hydrogen) atoms. The number of carbonyl (C=O) groups excluding carboxylic acids is 1. The smallest absolute Gasteiger partial charge is 0.472 e. The first-order chi connectivity index (χ1) is 28.7. The molecule has 4 N–H and O–H groups in total. The van der Waals surface area contributed by atoms with E-state index in [1.165, 1.54) is 96.3 Å². The van der Waals surface area contributed by atoms with Crippen LogP contribution in [0.3, 0.4) is 0 Å². The number of nitrogens with two attached hydrogens (primary N) is 1. The summed E-state index contributed by atoms with van der Waals surface area (Å²) in [6.45, 7) is 3.74. The molecule has 0 spiro atoms. The maximum atomic E-state index is 12.6. The lowest BCUT2D eigenvalue weighted by Crippen LogP contribution is -2.34. The number of hydrogen-bond acceptors (Lipinski definition) is 8. The van der Waals surface area contributed by atoms with Gasteiger partial charge in [0.15, 0.2) is 0 Å². The number of rotatable bonds is 44. The Morgan fingerprint density at radius 1 is 0.559 bits per heavy atom. The van der Waals surface area contributed by atoms with Crippen LogP contribution in [0.5, 0.6) is 0 Å². The average Bonchev–Trinajstić information content (AvgIpc) is 3.21. The molecule has 0 aromatic heterocycles. The van der Waals surface area contributed by atoms with Gasteiger partial charge in [-0.2, -0.15) is 0 Å². The van der Waals surface area contributed by atoms with Gasteiger partial charge in [-0.3, -0.25) is 18.6 Å². The molecule has 0 saturated heterocycles. The number of phosphoric ester groups is 1. The largest absolute Gasteiger partial charge is 0.480 e. The molecule has 11 heteroatoms. The monoisotopic (exact) mass is 852 g/mol. The van der Waals surface area contributed by atoms with Crippen molar-refractivity contribution in [3.05, 3.63) is 60.8 Å². The highest BCUT2D eigenvalue weighted by Gasteiger charge is 2.27. The molecular weight excluding hydrogens is 766 g/mol. The van der Waals surface area contributed by atoms with E-state index in [0.29, 0.717) is 13.0 Å². The van der Waals surface area contributed by atoms with Gasteiger partial charge in [0.05, 0.1) is 19.8 Å². The highest BCUT2D eigenvalue weighted by atomic mass is 31.2. The Morgan fingerprint density at radius 2 is 0.983 bits per heavy atom. The molecule has 0 saturated carbocycles. The van der Waals surface area contributed by atoms with Crippen LogP contribution >= 0.6 is 7.82 Å². The molecule has 0 aliphatic carbocycles. The summed E-state index contributed by atoms with van der Waals surface area (Å²) in [6.07, 6.45) is 52.7. The van der Waals surface area contributed by atoms with Gasteiger partial charge < -0.3 is 25.2 Å². The fourth-order valence-electron chi connectivity index (χ4n) is 6.18. The molecule has 0 rings (SSSR count). The highest BCUT2D eigenvalue weighted by molar-refractivity contribution is 7.47. The summed E-state index contributed by atoms with van der Waals surface area (Å²) in [6, 6.07) is -1.48. The third-order valence-corrected chi connectivity index (χ3v) is 10.7. The number of esters is 1. The van der Waals surface area contributed by atoms with E-state index in [4.69, 9.17) is 29.4 Å². The van der Waals surface area contributed by atoms with Crippen LogP contribution < -0.4 is 5.73 Å². The second kappa shape index (κ2) is 43.7. The number of ether oxygens (including phenoxy) is 2. The van der Waals surface area contributed by atoms with Crippen molar-refractivity contribution in [2.45, 2.75) is 206 Å². The molecule has 0 radical (unpaired) electrons. The fourth-order valence-corrected chi connectivity index (χ4v) is 6.96. The molecule has 0 heterocycles. The number of unbranched alkanes of at least 4 members (excludes halogenated alkanes) is 20. The Bertz CT molecular complexity index is 1170. The Morgan fingerprint density at radius 3 is 1.49 bits per heavy atom. The van der Waals surface area contributed by atoms with E-state index in [0.717, 1.165) is 70.6 Å². The molecule has 0 amide bonds. The molecule has 0 aliphatic heterocycles. The van der Waals surface area contributed by atoms with E-state index >= 15 is 0 Å². The van der Waals surface area contributed by atoms with E-state index in [1.807, 2.05) is 0 Å². The SMILES string of the molecule is CC/C=C\C/C=C\C/C=C\C/C=C\CCCCCCC(=O)OC(COCCCCCCCCCCCC/C=C\CCCCCCCC)COP(=O)(O)OCC(N)C(=O)O. The molecule has 3 atom stereocenters. The highest BCUT2D eigenvalue weighted by Crippen LogP contribution is 2.43. The quantitative estimate of drug-likeness (QED) is 0.0233. The molecule has 3 unspecified atom stereocenters. The first-order valence-electron chi connectivity index (χ1n) is 23.3. The van der Waals surface area contributed by atoms with E-state index < -0.39 is 45.1 Å². The topological polar surface area (TPSA) is 155 Å². The number of carbonyl (C=O) groups is 2. The third kappa shape index (κ3) is 43.6. The van der Waals surface area contributed by atoms with Gasteiger partial charge in [-0.1, -0.05) is 171 Å². The predicted octanol–water partition coefficient (Wildman–Crippen LogP) is 13.2. The molecular formula is C48H86NO9P. The van der Waals surface area contributed by atoms with Gasteiger partial charge in [0.1, 0.15) is 12.1 Å². The summed E-state index contributed by atoms with van der Waals surface area (Å²) in [7, 11) is -4.63. The number of hydrogen-bond donors (Lipinski definition) is 3. The lowest BCUT2D eigenvalue weighted by molar-refractivity contribution is -0.154. The van der Waals surface area contributed by atoms with Gasteiger partial charge in [0.25, 0.3) is 0 Å². The summed E-state index contributed by atoms with van der Waals surface area (Å²) in [5, 5.41) is 8.91. The second-order valence-corrected chi connectivity index (χ2v) is 17.0. The van der Waals surface area contributed by atoms with Crippen LogP contribution in [-0.2, 0) is 32.7 Å². The second-order valence-electron chi connectivity index (χ2n) is 15.5. The molecule has 0 aromatic carbocycles. The van der Waals surface area contributed by atoms with Crippen LogP contribution in [0.15, 0.2) is 60.8 Å². The number of carboxylic acids is 1. The molecule has 0 aliphatic rings. The lowest BCUT2D eigenvalue weighted by atomic mass is 10.1. The minimum atomic E-state index is -4.63. The Hall–Kier alpha value is -2.33. The average molecular weight is 852 g/mol.